The van der Waals surface area contributed by atoms with Crippen LogP contribution in [-0.4, -0.2) is 30.2 Å². The summed E-state index contributed by atoms with van der Waals surface area (Å²) in [4.78, 5) is 25.0. The van der Waals surface area contributed by atoms with Crippen LogP contribution in [0.1, 0.15) is 22.8 Å². The van der Waals surface area contributed by atoms with Crippen LogP contribution in [0.5, 0.6) is 0 Å². The molecule has 0 saturated heterocycles. The number of benzene rings is 2. The van der Waals surface area contributed by atoms with E-state index in [4.69, 9.17) is 0 Å². The van der Waals surface area contributed by atoms with E-state index in [1.54, 1.807) is 36.4 Å². The molecule has 0 aromatic heterocycles. The van der Waals surface area contributed by atoms with Gasteiger partial charge in [-0.15, -0.1) is 0 Å². The van der Waals surface area contributed by atoms with Crippen molar-refractivity contribution in [1.29, 1.82) is 0 Å². The van der Waals surface area contributed by atoms with Gasteiger partial charge in [0.25, 0.3) is 0 Å². The summed E-state index contributed by atoms with van der Waals surface area (Å²) in [5.74, 6) is -0.435. The van der Waals surface area contributed by atoms with Crippen LogP contribution in [0.25, 0.3) is 0 Å². The molecule has 23 heavy (non-hydrogen) atoms. The molecular formula is C18H19FN2O2. The number of nitrogens with one attached hydrogen (secondary N) is 1. The van der Waals surface area contributed by atoms with Crippen LogP contribution in [0.3, 0.4) is 0 Å². The second kappa shape index (κ2) is 7.65. The normalized spacial score (nSPS) is 10.6. The van der Waals surface area contributed by atoms with Crippen molar-refractivity contribution in [2.24, 2.45) is 0 Å². The highest BCUT2D eigenvalue weighted by Gasteiger charge is 2.08. The van der Waals surface area contributed by atoms with E-state index in [2.05, 4.69) is 5.32 Å². The van der Waals surface area contributed by atoms with Crippen molar-refractivity contribution in [3.05, 3.63) is 65.5 Å². The minimum atomic E-state index is -0.275. The van der Waals surface area contributed by atoms with Crippen molar-refractivity contribution in [2.45, 2.75) is 13.5 Å². The summed E-state index contributed by atoms with van der Waals surface area (Å²) < 4.78 is 12.9. The molecule has 0 aliphatic carbocycles. The molecule has 1 N–H and O–H groups in total. The van der Waals surface area contributed by atoms with Crippen molar-refractivity contribution in [1.82, 2.24) is 4.90 Å². The maximum absolute atomic E-state index is 12.9. The Balaban J connectivity index is 1.86. The molecule has 5 heteroatoms. The van der Waals surface area contributed by atoms with Crippen molar-refractivity contribution in [3.8, 4) is 0 Å². The summed E-state index contributed by atoms with van der Waals surface area (Å²) in [6.07, 6.45) is 0. The third-order valence-corrected chi connectivity index (χ3v) is 3.35. The number of rotatable bonds is 6. The molecule has 120 valence electrons. The number of halogens is 1. The van der Waals surface area contributed by atoms with E-state index in [1.165, 1.54) is 19.1 Å². The monoisotopic (exact) mass is 314 g/mol. The SMILES string of the molecule is CC(=O)c1ccc(NC(=O)CN(C)Cc2ccc(F)cc2)cc1. The first-order valence-electron chi connectivity index (χ1n) is 7.28. The lowest BCUT2D eigenvalue weighted by molar-refractivity contribution is -0.117. The molecule has 0 fully saturated rings. The molecule has 0 atom stereocenters. The molecule has 1 amide bonds. The van der Waals surface area contributed by atoms with E-state index in [9.17, 15) is 14.0 Å². The van der Waals surface area contributed by atoms with Gasteiger partial charge < -0.3 is 5.32 Å². The minimum Gasteiger partial charge on any atom is -0.325 e. The molecule has 0 aliphatic rings. The Labute approximate surface area is 134 Å². The highest BCUT2D eigenvalue weighted by atomic mass is 19.1. The summed E-state index contributed by atoms with van der Waals surface area (Å²) in [6.45, 7) is 2.26. The van der Waals surface area contributed by atoms with Crippen LogP contribution in [0.15, 0.2) is 48.5 Å². The van der Waals surface area contributed by atoms with Crippen molar-refractivity contribution in [2.75, 3.05) is 18.9 Å². The van der Waals surface area contributed by atoms with Crippen LogP contribution in [0.2, 0.25) is 0 Å². The number of carbonyl (C=O) groups is 2. The predicted octanol–water partition coefficient (Wildman–Crippen LogP) is 3.10. The van der Waals surface area contributed by atoms with E-state index in [0.29, 0.717) is 17.8 Å². The van der Waals surface area contributed by atoms with Crippen LogP contribution in [0, 0.1) is 5.82 Å². The highest BCUT2D eigenvalue weighted by Crippen LogP contribution is 2.10. The van der Waals surface area contributed by atoms with E-state index >= 15 is 0 Å². The van der Waals surface area contributed by atoms with Gasteiger partial charge in [0.1, 0.15) is 5.82 Å². The molecule has 0 unspecified atom stereocenters. The Kier molecular flexibility index (Phi) is 5.60. The summed E-state index contributed by atoms with van der Waals surface area (Å²) in [7, 11) is 1.82. The predicted molar refractivity (Wildman–Crippen MR) is 87.8 cm³/mol. The molecular weight excluding hydrogens is 295 g/mol. The third-order valence-electron chi connectivity index (χ3n) is 3.35. The number of amides is 1. The van der Waals surface area contributed by atoms with Crippen LogP contribution < -0.4 is 5.32 Å². The lowest BCUT2D eigenvalue weighted by Gasteiger charge is -2.16. The molecule has 0 saturated carbocycles. The number of Topliss-reactive ketones (excluding diaryl/α,β-unsaturated/α-hetero) is 1. The lowest BCUT2D eigenvalue weighted by atomic mass is 10.1. The number of nitrogens with zero attached hydrogens (tertiary/aromatic N) is 1. The van der Waals surface area contributed by atoms with Gasteiger partial charge in [0, 0.05) is 17.8 Å². The average Bonchev–Trinajstić information content (AvgIpc) is 2.50. The van der Waals surface area contributed by atoms with Crippen LogP contribution in [0.4, 0.5) is 10.1 Å². The van der Waals surface area contributed by atoms with Gasteiger partial charge in [-0.05, 0) is 55.9 Å². The maximum atomic E-state index is 12.9. The number of hydrogen-bond acceptors (Lipinski definition) is 3. The van der Waals surface area contributed by atoms with Gasteiger partial charge in [-0.3, -0.25) is 14.5 Å². The average molecular weight is 314 g/mol. The third kappa shape index (κ3) is 5.30. The Hall–Kier alpha value is -2.53. The largest absolute Gasteiger partial charge is 0.325 e. The quantitative estimate of drug-likeness (QED) is 0.834. The van der Waals surface area contributed by atoms with Crippen molar-refractivity contribution >= 4 is 17.4 Å². The topological polar surface area (TPSA) is 49.4 Å². The van der Waals surface area contributed by atoms with E-state index in [-0.39, 0.29) is 24.1 Å². The fourth-order valence-corrected chi connectivity index (χ4v) is 2.19. The number of carbonyl (C=O) groups excluding carboxylic acids is 2. The van der Waals surface area contributed by atoms with Crippen LogP contribution in [-0.2, 0) is 11.3 Å². The molecule has 0 radical (unpaired) electrons. The molecule has 2 aromatic rings. The van der Waals surface area contributed by atoms with E-state index < -0.39 is 0 Å². The van der Waals surface area contributed by atoms with Gasteiger partial charge in [0.15, 0.2) is 5.78 Å². The summed E-state index contributed by atoms with van der Waals surface area (Å²) in [5.41, 5.74) is 2.19. The Morgan fingerprint density at radius 1 is 1.04 bits per heavy atom. The first-order valence-corrected chi connectivity index (χ1v) is 7.28. The zero-order chi connectivity index (χ0) is 16.8. The minimum absolute atomic E-state index is 0.0121. The first kappa shape index (κ1) is 16.8. The van der Waals surface area contributed by atoms with E-state index in [0.717, 1.165) is 5.56 Å². The van der Waals surface area contributed by atoms with Gasteiger partial charge in [-0.25, -0.2) is 4.39 Å². The number of anilines is 1. The summed E-state index contributed by atoms with van der Waals surface area (Å²) >= 11 is 0. The van der Waals surface area contributed by atoms with Gasteiger partial charge in [0.2, 0.25) is 5.91 Å². The first-order chi connectivity index (χ1) is 10.9. The lowest BCUT2D eigenvalue weighted by Crippen LogP contribution is -2.29. The molecule has 0 heterocycles. The number of ketones is 1. The molecule has 2 aromatic carbocycles. The van der Waals surface area contributed by atoms with Gasteiger partial charge in [0.05, 0.1) is 6.54 Å². The zero-order valence-corrected chi connectivity index (χ0v) is 13.2. The highest BCUT2D eigenvalue weighted by molar-refractivity contribution is 5.96. The molecule has 0 aliphatic heterocycles. The van der Waals surface area contributed by atoms with E-state index in [1.807, 2.05) is 11.9 Å². The summed E-state index contributed by atoms with van der Waals surface area (Å²) in [6, 6.07) is 13.0. The fourth-order valence-electron chi connectivity index (χ4n) is 2.19. The zero-order valence-electron chi connectivity index (χ0n) is 13.2. The molecule has 0 spiro atoms. The second-order valence-corrected chi connectivity index (χ2v) is 5.48. The maximum Gasteiger partial charge on any atom is 0.238 e. The summed E-state index contributed by atoms with van der Waals surface area (Å²) in [5, 5.41) is 2.78. The van der Waals surface area contributed by atoms with Gasteiger partial charge in [-0.2, -0.15) is 0 Å². The molecule has 0 bridgehead atoms. The van der Waals surface area contributed by atoms with Gasteiger partial charge >= 0.3 is 0 Å². The fraction of sp³-hybridized carbons (Fsp3) is 0.222. The Morgan fingerprint density at radius 3 is 2.22 bits per heavy atom. The second-order valence-electron chi connectivity index (χ2n) is 5.48. The van der Waals surface area contributed by atoms with Crippen LogP contribution >= 0.6 is 0 Å². The standard InChI is InChI=1S/C18H19FN2O2/c1-13(22)15-5-9-17(10-6-15)20-18(23)12-21(2)11-14-3-7-16(19)8-4-14/h3-10H,11-12H2,1-2H3,(H,20,23). The van der Waals surface area contributed by atoms with Gasteiger partial charge in [-0.1, -0.05) is 12.1 Å². The molecule has 2 rings (SSSR count). The number of hydrogen-bond donors (Lipinski definition) is 1. The van der Waals surface area contributed by atoms with Crippen molar-refractivity contribution in [3.63, 3.8) is 0 Å². The number of likely N-dealkylation sites (N-methyl/N-ethyl adjacent to an activating group) is 1. The smallest absolute Gasteiger partial charge is 0.238 e. The van der Waals surface area contributed by atoms with Crippen molar-refractivity contribution < 1.29 is 14.0 Å². The Bertz CT molecular complexity index is 681. The molecule has 4 nitrogen and oxygen atoms in total. The Morgan fingerprint density at radius 2 is 1.65 bits per heavy atom.